The third-order valence-electron chi connectivity index (χ3n) is 2.80. The molecule has 0 aliphatic carbocycles. The van der Waals surface area contributed by atoms with Crippen LogP contribution in [0.4, 0.5) is 0 Å². The van der Waals surface area contributed by atoms with Crippen molar-refractivity contribution in [3.63, 3.8) is 0 Å². The summed E-state index contributed by atoms with van der Waals surface area (Å²) in [6, 6.07) is 8.78. The van der Waals surface area contributed by atoms with Gasteiger partial charge in [-0.1, -0.05) is 30.0 Å². The maximum Gasteiger partial charge on any atom is 0.0290 e. The van der Waals surface area contributed by atoms with Crippen molar-refractivity contribution in [3.8, 4) is 0 Å². The smallest absolute Gasteiger partial charge is 0.0290 e. The summed E-state index contributed by atoms with van der Waals surface area (Å²) in [5, 5.41) is 2.28. The van der Waals surface area contributed by atoms with Gasteiger partial charge >= 0.3 is 0 Å². The van der Waals surface area contributed by atoms with E-state index < -0.39 is 0 Å². The van der Waals surface area contributed by atoms with Crippen molar-refractivity contribution in [2.75, 3.05) is 0 Å². The molecule has 0 saturated heterocycles. The quantitative estimate of drug-likeness (QED) is 0.652. The lowest BCUT2D eigenvalue weighted by atomic mass is 10.1. The van der Waals surface area contributed by atoms with Crippen molar-refractivity contribution in [3.05, 3.63) is 45.6 Å². The fourth-order valence-corrected chi connectivity index (χ4v) is 4.34. The topological polar surface area (TPSA) is 0 Å². The molecule has 0 amide bonds. The Morgan fingerprint density at radius 3 is 2.93 bits per heavy atom. The van der Waals surface area contributed by atoms with E-state index in [1.807, 2.05) is 23.1 Å². The van der Waals surface area contributed by atoms with Crippen LogP contribution in [-0.2, 0) is 12.8 Å². The molecule has 0 nitrogen and oxygen atoms in total. The Hall–Kier alpha value is -0.730. The lowest BCUT2D eigenvalue weighted by Gasteiger charge is -2.03. The van der Waals surface area contributed by atoms with Crippen LogP contribution in [0.3, 0.4) is 0 Å². The number of aryl methyl sites for hydroxylation is 3. The maximum atomic E-state index is 2.28. The number of hydrogen-bond donors (Lipinski definition) is 0. The summed E-state index contributed by atoms with van der Waals surface area (Å²) in [5.74, 6) is 0. The first-order valence-electron chi connectivity index (χ1n) is 5.17. The van der Waals surface area contributed by atoms with Crippen LogP contribution < -0.4 is 0 Å². The molecule has 0 radical (unpaired) electrons. The molecule has 0 bridgehead atoms. The van der Waals surface area contributed by atoms with Crippen molar-refractivity contribution in [2.45, 2.75) is 29.6 Å². The monoisotopic (exact) mass is 232 g/mol. The summed E-state index contributed by atoms with van der Waals surface area (Å²) in [5.41, 5.74) is 2.95. The third-order valence-corrected chi connectivity index (χ3v) is 5.48. The number of rotatable bonds is 0. The average Bonchev–Trinajstić information content (AvgIpc) is 2.51. The largest absolute Gasteiger partial charge is 0.147 e. The van der Waals surface area contributed by atoms with Gasteiger partial charge in [-0.15, -0.1) is 11.3 Å². The Bertz CT molecular complexity index is 497. The number of hydrogen-bond acceptors (Lipinski definition) is 2. The minimum atomic E-state index is 1.19. The van der Waals surface area contributed by atoms with Gasteiger partial charge in [0.05, 0.1) is 0 Å². The second-order valence-corrected chi connectivity index (χ2v) is 5.90. The van der Waals surface area contributed by atoms with Gasteiger partial charge in [-0.3, -0.25) is 0 Å². The van der Waals surface area contributed by atoms with E-state index in [4.69, 9.17) is 0 Å². The molecule has 0 N–H and O–H groups in total. The zero-order valence-corrected chi connectivity index (χ0v) is 10.3. The van der Waals surface area contributed by atoms with Crippen molar-refractivity contribution >= 4 is 23.1 Å². The average molecular weight is 232 g/mol. The summed E-state index contributed by atoms with van der Waals surface area (Å²) >= 11 is 3.86. The van der Waals surface area contributed by atoms with Gasteiger partial charge in [0.1, 0.15) is 0 Å². The maximum absolute atomic E-state index is 2.28. The molecule has 0 atom stereocenters. The zero-order valence-electron chi connectivity index (χ0n) is 8.62. The Morgan fingerprint density at radius 2 is 2.00 bits per heavy atom. The Kier molecular flexibility index (Phi) is 2.33. The van der Waals surface area contributed by atoms with Crippen molar-refractivity contribution in [1.29, 1.82) is 0 Å². The number of benzene rings is 1. The summed E-state index contributed by atoms with van der Waals surface area (Å²) < 4.78 is 0. The predicted octanol–water partition coefficient (Wildman–Crippen LogP) is 4.31. The van der Waals surface area contributed by atoms with E-state index in [1.165, 1.54) is 33.8 Å². The molecule has 0 fully saturated rings. The summed E-state index contributed by atoms with van der Waals surface area (Å²) in [4.78, 5) is 4.51. The molecular formula is C13H12S2. The van der Waals surface area contributed by atoms with Crippen molar-refractivity contribution in [1.82, 2.24) is 0 Å². The molecule has 1 aliphatic heterocycles. The first-order valence-corrected chi connectivity index (χ1v) is 6.87. The molecule has 76 valence electrons. The number of thiophene rings is 1. The van der Waals surface area contributed by atoms with Gasteiger partial charge in [0.15, 0.2) is 0 Å². The molecule has 2 aromatic rings. The van der Waals surface area contributed by atoms with Gasteiger partial charge in [0, 0.05) is 14.7 Å². The lowest BCUT2D eigenvalue weighted by Crippen LogP contribution is -1.87. The minimum absolute atomic E-state index is 1.19. The third kappa shape index (κ3) is 1.62. The fraction of sp³-hybridized carbons (Fsp3) is 0.231. The standard InChI is InChI=1S/C13H12S2/c1-9-8-14-12-7-6-10-4-2-3-5-11(10)15-13(9)12/h2-5,8H,6-7H2,1H3. The van der Waals surface area contributed by atoms with E-state index >= 15 is 0 Å². The van der Waals surface area contributed by atoms with Gasteiger partial charge in [-0.25, -0.2) is 0 Å². The normalized spacial score (nSPS) is 14.2. The van der Waals surface area contributed by atoms with Crippen LogP contribution >= 0.6 is 23.1 Å². The molecule has 1 aromatic heterocycles. The Morgan fingerprint density at radius 1 is 1.13 bits per heavy atom. The van der Waals surface area contributed by atoms with E-state index in [9.17, 15) is 0 Å². The predicted molar refractivity (Wildman–Crippen MR) is 67.0 cm³/mol. The van der Waals surface area contributed by atoms with Crippen LogP contribution in [0.2, 0.25) is 0 Å². The van der Waals surface area contributed by atoms with E-state index in [2.05, 4.69) is 36.6 Å². The van der Waals surface area contributed by atoms with E-state index in [0.717, 1.165) is 0 Å². The first-order chi connectivity index (χ1) is 7.34. The molecule has 0 unspecified atom stereocenters. The van der Waals surface area contributed by atoms with E-state index in [0.29, 0.717) is 0 Å². The first kappa shape index (κ1) is 9.49. The summed E-state index contributed by atoms with van der Waals surface area (Å²) in [6.07, 6.45) is 2.40. The van der Waals surface area contributed by atoms with Crippen LogP contribution in [0.15, 0.2) is 39.4 Å². The highest BCUT2D eigenvalue weighted by atomic mass is 32.2. The highest BCUT2D eigenvalue weighted by Gasteiger charge is 2.16. The summed E-state index contributed by atoms with van der Waals surface area (Å²) in [6.45, 7) is 2.22. The highest BCUT2D eigenvalue weighted by molar-refractivity contribution is 7.99. The SMILES string of the molecule is Cc1csc2c1Sc1ccccc1CC2. The van der Waals surface area contributed by atoms with Crippen LogP contribution in [0.25, 0.3) is 0 Å². The van der Waals surface area contributed by atoms with Crippen LogP contribution in [0.1, 0.15) is 16.0 Å². The summed E-state index contributed by atoms with van der Waals surface area (Å²) in [7, 11) is 0. The van der Waals surface area contributed by atoms with Crippen LogP contribution in [0, 0.1) is 6.92 Å². The van der Waals surface area contributed by atoms with Crippen molar-refractivity contribution < 1.29 is 0 Å². The molecular weight excluding hydrogens is 220 g/mol. The van der Waals surface area contributed by atoms with Gasteiger partial charge in [-0.05, 0) is 42.3 Å². The zero-order chi connectivity index (χ0) is 10.3. The van der Waals surface area contributed by atoms with E-state index in [-0.39, 0.29) is 0 Å². The van der Waals surface area contributed by atoms with Gasteiger partial charge in [0.25, 0.3) is 0 Å². The van der Waals surface area contributed by atoms with Crippen molar-refractivity contribution in [2.24, 2.45) is 0 Å². The second kappa shape index (κ2) is 3.69. The lowest BCUT2D eigenvalue weighted by molar-refractivity contribution is 0.947. The fourth-order valence-electron chi connectivity index (χ4n) is 1.96. The van der Waals surface area contributed by atoms with Crippen LogP contribution in [0.5, 0.6) is 0 Å². The highest BCUT2D eigenvalue weighted by Crippen LogP contribution is 2.41. The molecule has 2 heteroatoms. The van der Waals surface area contributed by atoms with Crippen LogP contribution in [-0.4, -0.2) is 0 Å². The molecule has 2 heterocycles. The Balaban J connectivity index is 2.12. The molecule has 1 aliphatic rings. The minimum Gasteiger partial charge on any atom is -0.147 e. The Labute approximate surface area is 98.3 Å². The molecule has 0 spiro atoms. The number of fused-ring (bicyclic) bond motifs is 2. The van der Waals surface area contributed by atoms with E-state index in [1.54, 1.807) is 4.88 Å². The molecule has 15 heavy (non-hydrogen) atoms. The molecule has 3 rings (SSSR count). The molecule has 1 aromatic carbocycles. The second-order valence-electron chi connectivity index (χ2n) is 3.88. The van der Waals surface area contributed by atoms with Gasteiger partial charge < -0.3 is 0 Å². The van der Waals surface area contributed by atoms with Gasteiger partial charge in [-0.2, -0.15) is 0 Å². The van der Waals surface area contributed by atoms with Gasteiger partial charge in [0.2, 0.25) is 0 Å². The molecule has 0 saturated carbocycles.